The van der Waals surface area contributed by atoms with Gasteiger partial charge in [-0.15, -0.1) is 5.10 Å². The summed E-state index contributed by atoms with van der Waals surface area (Å²) in [6, 6.07) is 6.03. The van der Waals surface area contributed by atoms with E-state index in [-0.39, 0.29) is 24.8 Å². The Morgan fingerprint density at radius 1 is 1.27 bits per heavy atom. The molecule has 30 heavy (non-hydrogen) atoms. The van der Waals surface area contributed by atoms with Crippen molar-refractivity contribution in [2.75, 3.05) is 20.7 Å². The van der Waals surface area contributed by atoms with E-state index >= 15 is 0 Å². The van der Waals surface area contributed by atoms with Gasteiger partial charge in [-0.3, -0.25) is 9.59 Å². The third-order valence-electron chi connectivity index (χ3n) is 5.33. The van der Waals surface area contributed by atoms with Crippen molar-refractivity contribution in [3.63, 3.8) is 0 Å². The number of rotatable bonds is 5. The summed E-state index contributed by atoms with van der Waals surface area (Å²) in [5.74, 6) is 0.186. The molecule has 2 aromatic rings. The summed E-state index contributed by atoms with van der Waals surface area (Å²) in [5, 5.41) is 21.1. The Morgan fingerprint density at radius 3 is 2.50 bits per heavy atom. The summed E-state index contributed by atoms with van der Waals surface area (Å²) < 4.78 is 6.73. The predicted molar refractivity (Wildman–Crippen MR) is 111 cm³/mol. The second kappa shape index (κ2) is 8.43. The summed E-state index contributed by atoms with van der Waals surface area (Å²) in [6.45, 7) is 5.92. The molecule has 2 heterocycles. The Morgan fingerprint density at radius 2 is 1.93 bits per heavy atom. The van der Waals surface area contributed by atoms with Crippen LogP contribution in [0.4, 0.5) is 0 Å². The molecule has 9 heteroatoms. The number of β-amino-alcohol motifs (C(OH)–C–C–N with tert-alkyl or cyclic N) is 1. The summed E-state index contributed by atoms with van der Waals surface area (Å²) in [5.41, 5.74) is 0.981. The average molecular weight is 415 g/mol. The molecule has 0 aliphatic carbocycles. The van der Waals surface area contributed by atoms with Crippen molar-refractivity contribution in [2.45, 2.75) is 45.4 Å². The number of hydrogen-bond donors (Lipinski definition) is 2. The molecule has 2 unspecified atom stereocenters. The minimum absolute atomic E-state index is 0.115. The zero-order chi connectivity index (χ0) is 22.1. The molecule has 1 aliphatic rings. The number of carbonyl (C=O) groups is 2. The van der Waals surface area contributed by atoms with E-state index in [1.165, 1.54) is 11.9 Å². The monoisotopic (exact) mass is 415 g/mol. The fourth-order valence-corrected chi connectivity index (χ4v) is 3.81. The molecule has 1 fully saturated rings. The zero-order valence-electron chi connectivity index (χ0n) is 18.0. The number of likely N-dealkylation sites (N-methyl/N-ethyl adjacent to an activating group) is 1. The molecule has 1 saturated heterocycles. The number of hydrogen-bond acceptors (Lipinski definition) is 6. The number of amides is 2. The maximum Gasteiger partial charge on any atom is 0.248 e. The van der Waals surface area contributed by atoms with Gasteiger partial charge in [-0.05, 0) is 29.7 Å². The predicted octanol–water partition coefficient (Wildman–Crippen LogP) is 1.25. The van der Waals surface area contributed by atoms with Crippen LogP contribution in [-0.2, 0) is 9.59 Å². The summed E-state index contributed by atoms with van der Waals surface area (Å²) in [4.78, 5) is 27.2. The molecular weight excluding hydrogens is 386 g/mol. The standard InChI is InChI=1S/C21H29N5O4/c1-21(2,3)18(20(29)25-11-14(27)10-17(25)19(28)22-4)26-12-16(23-24-26)13-6-8-15(30-5)9-7-13/h6-9,12,14,17-18,27H,10-11H2,1-5H3,(H,22,28)/t14?,17-,18?/m1/s1. The Hall–Kier alpha value is -2.94. The fraction of sp³-hybridized carbons (Fsp3) is 0.524. The van der Waals surface area contributed by atoms with Gasteiger partial charge in [-0.25, -0.2) is 4.68 Å². The van der Waals surface area contributed by atoms with E-state index in [2.05, 4.69) is 15.6 Å². The van der Waals surface area contributed by atoms with Gasteiger partial charge in [-0.1, -0.05) is 26.0 Å². The lowest BCUT2D eigenvalue weighted by Crippen LogP contribution is -2.49. The number of nitrogens with one attached hydrogen (secondary N) is 1. The van der Waals surface area contributed by atoms with Gasteiger partial charge < -0.3 is 20.1 Å². The number of nitrogens with zero attached hydrogens (tertiary/aromatic N) is 4. The first-order valence-corrected chi connectivity index (χ1v) is 9.92. The molecule has 1 aromatic heterocycles. The van der Waals surface area contributed by atoms with Crippen molar-refractivity contribution >= 4 is 11.8 Å². The van der Waals surface area contributed by atoms with Gasteiger partial charge in [0.2, 0.25) is 11.8 Å². The molecule has 0 bridgehead atoms. The summed E-state index contributed by atoms with van der Waals surface area (Å²) >= 11 is 0. The van der Waals surface area contributed by atoms with Gasteiger partial charge in [0.1, 0.15) is 23.5 Å². The lowest BCUT2D eigenvalue weighted by atomic mass is 9.85. The van der Waals surface area contributed by atoms with Crippen molar-refractivity contribution in [3.8, 4) is 17.0 Å². The van der Waals surface area contributed by atoms with Gasteiger partial charge in [0.25, 0.3) is 0 Å². The minimum atomic E-state index is -0.734. The van der Waals surface area contributed by atoms with Gasteiger partial charge in [-0.2, -0.15) is 0 Å². The van der Waals surface area contributed by atoms with Gasteiger partial charge in [0, 0.05) is 25.6 Å². The molecule has 0 spiro atoms. The first-order valence-electron chi connectivity index (χ1n) is 9.92. The van der Waals surface area contributed by atoms with Crippen LogP contribution in [0.5, 0.6) is 5.75 Å². The van der Waals surface area contributed by atoms with E-state index < -0.39 is 23.6 Å². The van der Waals surface area contributed by atoms with Crippen LogP contribution in [0.1, 0.15) is 33.2 Å². The number of aliphatic hydroxyl groups is 1. The smallest absolute Gasteiger partial charge is 0.248 e. The van der Waals surface area contributed by atoms with Crippen molar-refractivity contribution in [3.05, 3.63) is 30.5 Å². The molecule has 1 aromatic carbocycles. The number of carbonyl (C=O) groups excluding carboxylic acids is 2. The fourth-order valence-electron chi connectivity index (χ4n) is 3.81. The molecule has 162 valence electrons. The summed E-state index contributed by atoms with van der Waals surface area (Å²) in [7, 11) is 3.13. The maximum absolute atomic E-state index is 13.5. The minimum Gasteiger partial charge on any atom is -0.497 e. The maximum atomic E-state index is 13.5. The van der Waals surface area contributed by atoms with Crippen molar-refractivity contribution in [1.82, 2.24) is 25.2 Å². The van der Waals surface area contributed by atoms with Gasteiger partial charge in [0.15, 0.2) is 0 Å². The normalized spacial score (nSPS) is 20.1. The highest BCUT2D eigenvalue weighted by Crippen LogP contribution is 2.35. The highest BCUT2D eigenvalue weighted by molar-refractivity contribution is 5.90. The van der Waals surface area contributed by atoms with E-state index in [9.17, 15) is 14.7 Å². The highest BCUT2D eigenvalue weighted by atomic mass is 16.5. The number of benzene rings is 1. The number of aromatic nitrogens is 3. The Bertz CT molecular complexity index is 903. The Labute approximate surface area is 176 Å². The van der Waals surface area contributed by atoms with Crippen LogP contribution in [0.25, 0.3) is 11.3 Å². The number of aliphatic hydroxyl groups excluding tert-OH is 1. The molecule has 0 radical (unpaired) electrons. The SMILES string of the molecule is CNC(=O)[C@H]1CC(O)CN1C(=O)C(n1cc(-c2ccc(OC)cc2)nn1)C(C)(C)C. The van der Waals surface area contributed by atoms with Gasteiger partial charge in [0.05, 0.1) is 19.4 Å². The van der Waals surface area contributed by atoms with E-state index in [0.717, 1.165) is 11.3 Å². The van der Waals surface area contributed by atoms with E-state index in [4.69, 9.17) is 4.74 Å². The molecule has 2 N–H and O–H groups in total. The first kappa shape index (κ1) is 21.8. The number of methoxy groups -OCH3 is 1. The number of ether oxygens (including phenoxy) is 1. The summed E-state index contributed by atoms with van der Waals surface area (Å²) in [6.07, 6.45) is 1.22. The molecule has 3 rings (SSSR count). The second-order valence-electron chi connectivity index (χ2n) is 8.59. The topological polar surface area (TPSA) is 110 Å². The molecule has 3 atom stereocenters. The largest absolute Gasteiger partial charge is 0.497 e. The Balaban J connectivity index is 1.92. The van der Waals surface area contributed by atoms with Crippen LogP contribution in [0.3, 0.4) is 0 Å². The number of likely N-dealkylation sites (tertiary alicyclic amines) is 1. The molecular formula is C21H29N5O4. The third kappa shape index (κ3) is 4.30. The van der Waals surface area contributed by atoms with Crippen LogP contribution >= 0.6 is 0 Å². The van der Waals surface area contributed by atoms with Crippen molar-refractivity contribution in [1.29, 1.82) is 0 Å². The van der Waals surface area contributed by atoms with E-state index in [1.807, 2.05) is 45.0 Å². The molecule has 1 aliphatic heterocycles. The first-order chi connectivity index (χ1) is 14.2. The quantitative estimate of drug-likeness (QED) is 0.761. The van der Waals surface area contributed by atoms with Crippen LogP contribution in [-0.4, -0.2) is 69.7 Å². The zero-order valence-corrected chi connectivity index (χ0v) is 18.0. The third-order valence-corrected chi connectivity index (χ3v) is 5.33. The van der Waals surface area contributed by atoms with Crippen LogP contribution in [0.15, 0.2) is 30.5 Å². The second-order valence-corrected chi connectivity index (χ2v) is 8.59. The van der Waals surface area contributed by atoms with Crippen LogP contribution < -0.4 is 10.1 Å². The van der Waals surface area contributed by atoms with E-state index in [1.54, 1.807) is 18.0 Å². The van der Waals surface area contributed by atoms with Crippen LogP contribution in [0, 0.1) is 5.41 Å². The lowest BCUT2D eigenvalue weighted by molar-refractivity contribution is -0.144. The van der Waals surface area contributed by atoms with E-state index in [0.29, 0.717) is 5.69 Å². The molecule has 9 nitrogen and oxygen atoms in total. The Kier molecular flexibility index (Phi) is 6.12. The molecule has 2 amide bonds. The van der Waals surface area contributed by atoms with Crippen molar-refractivity contribution < 1.29 is 19.4 Å². The van der Waals surface area contributed by atoms with Crippen molar-refractivity contribution in [2.24, 2.45) is 5.41 Å². The van der Waals surface area contributed by atoms with Crippen LogP contribution in [0.2, 0.25) is 0 Å². The lowest BCUT2D eigenvalue weighted by Gasteiger charge is -2.34. The highest BCUT2D eigenvalue weighted by Gasteiger charge is 2.45. The average Bonchev–Trinajstić information content (AvgIpc) is 3.33. The van der Waals surface area contributed by atoms with Gasteiger partial charge >= 0.3 is 0 Å². The molecule has 0 saturated carbocycles.